The summed E-state index contributed by atoms with van der Waals surface area (Å²) in [4.78, 5) is 18.0. The van der Waals surface area contributed by atoms with Crippen LogP contribution in [-0.4, -0.2) is 22.1 Å². The van der Waals surface area contributed by atoms with Gasteiger partial charge in [0.05, 0.1) is 17.2 Å². The van der Waals surface area contributed by atoms with Crippen molar-refractivity contribution in [1.82, 2.24) is 15.4 Å². The van der Waals surface area contributed by atoms with Crippen LogP contribution in [0, 0.1) is 4.77 Å². The second-order valence-corrected chi connectivity index (χ2v) is 5.91. The Kier molecular flexibility index (Phi) is 4.17. The molecule has 110 valence electrons. The molecule has 0 spiro atoms. The van der Waals surface area contributed by atoms with Crippen LogP contribution >= 0.6 is 28.1 Å². The van der Waals surface area contributed by atoms with Gasteiger partial charge in [0.15, 0.2) is 4.77 Å². The number of amides is 1. The second-order valence-electron chi connectivity index (χ2n) is 4.59. The van der Waals surface area contributed by atoms with Crippen molar-refractivity contribution in [1.29, 1.82) is 0 Å². The maximum Gasteiger partial charge on any atom is 0.271 e. The standard InChI is InChI=1S/C15H11BrN4OS/c16-11-4-1-9(2-5-11)8-17-20-14(21)10-3-6-12-13(7-10)19-15(22)18-12/h1-8H,(H,20,21)(H2,18,19,22)/b17-8-. The summed E-state index contributed by atoms with van der Waals surface area (Å²) in [6.45, 7) is 0. The molecule has 0 saturated carbocycles. The number of imidazole rings is 1. The molecular weight excluding hydrogens is 364 g/mol. The van der Waals surface area contributed by atoms with Gasteiger partial charge in [0.2, 0.25) is 0 Å². The number of nitrogens with zero attached hydrogens (tertiary/aromatic N) is 1. The second kappa shape index (κ2) is 6.25. The maximum atomic E-state index is 12.1. The lowest BCUT2D eigenvalue weighted by atomic mass is 10.2. The Hall–Kier alpha value is -2.25. The molecule has 7 heteroatoms. The van der Waals surface area contributed by atoms with Gasteiger partial charge in [0.25, 0.3) is 5.91 Å². The van der Waals surface area contributed by atoms with E-state index in [1.54, 1.807) is 24.4 Å². The highest BCUT2D eigenvalue weighted by Crippen LogP contribution is 2.12. The van der Waals surface area contributed by atoms with Crippen LogP contribution in [0.3, 0.4) is 0 Å². The minimum Gasteiger partial charge on any atom is -0.331 e. The summed E-state index contributed by atoms with van der Waals surface area (Å²) in [5, 5.41) is 3.95. The van der Waals surface area contributed by atoms with Gasteiger partial charge in [-0.3, -0.25) is 4.79 Å². The van der Waals surface area contributed by atoms with Gasteiger partial charge >= 0.3 is 0 Å². The van der Waals surface area contributed by atoms with Crippen molar-refractivity contribution in [2.75, 3.05) is 0 Å². The quantitative estimate of drug-likeness (QED) is 0.371. The van der Waals surface area contributed by atoms with Gasteiger partial charge < -0.3 is 9.97 Å². The van der Waals surface area contributed by atoms with Crippen molar-refractivity contribution in [2.45, 2.75) is 0 Å². The number of nitrogens with one attached hydrogen (secondary N) is 3. The molecule has 0 unspecified atom stereocenters. The first-order chi connectivity index (χ1) is 10.6. The Morgan fingerprint density at radius 1 is 1.14 bits per heavy atom. The molecule has 0 aliphatic rings. The lowest BCUT2D eigenvalue weighted by Crippen LogP contribution is -2.17. The fourth-order valence-corrected chi connectivity index (χ4v) is 2.44. The van der Waals surface area contributed by atoms with Gasteiger partial charge in [-0.1, -0.05) is 28.1 Å². The predicted molar refractivity (Wildman–Crippen MR) is 92.7 cm³/mol. The molecule has 3 aromatic rings. The summed E-state index contributed by atoms with van der Waals surface area (Å²) in [7, 11) is 0. The number of hydrogen-bond donors (Lipinski definition) is 3. The van der Waals surface area contributed by atoms with Crippen molar-refractivity contribution in [2.24, 2.45) is 5.10 Å². The lowest BCUT2D eigenvalue weighted by molar-refractivity contribution is 0.0955. The van der Waals surface area contributed by atoms with E-state index < -0.39 is 0 Å². The van der Waals surface area contributed by atoms with E-state index in [0.717, 1.165) is 21.1 Å². The minimum absolute atomic E-state index is 0.282. The fourth-order valence-electron chi connectivity index (χ4n) is 1.95. The smallest absolute Gasteiger partial charge is 0.271 e. The zero-order chi connectivity index (χ0) is 15.5. The van der Waals surface area contributed by atoms with Crippen molar-refractivity contribution < 1.29 is 4.79 Å². The van der Waals surface area contributed by atoms with E-state index in [2.05, 4.69) is 36.4 Å². The van der Waals surface area contributed by atoms with E-state index in [1.165, 1.54) is 0 Å². The van der Waals surface area contributed by atoms with Gasteiger partial charge in [-0.05, 0) is 48.1 Å². The Bertz CT molecular complexity index is 911. The molecule has 0 aliphatic carbocycles. The van der Waals surface area contributed by atoms with Gasteiger partial charge in [-0.25, -0.2) is 5.43 Å². The predicted octanol–water partition coefficient (Wildman–Crippen LogP) is 3.75. The zero-order valence-corrected chi connectivity index (χ0v) is 13.7. The summed E-state index contributed by atoms with van der Waals surface area (Å²) < 4.78 is 1.52. The first-order valence-electron chi connectivity index (χ1n) is 6.43. The molecule has 1 amide bonds. The molecule has 3 rings (SSSR count). The number of hydrogen-bond acceptors (Lipinski definition) is 3. The number of rotatable bonds is 3. The summed E-state index contributed by atoms with van der Waals surface area (Å²) in [6, 6.07) is 12.8. The molecule has 22 heavy (non-hydrogen) atoms. The molecule has 0 radical (unpaired) electrons. The number of carbonyl (C=O) groups excluding carboxylic acids is 1. The highest BCUT2D eigenvalue weighted by molar-refractivity contribution is 9.10. The molecule has 2 aromatic carbocycles. The lowest BCUT2D eigenvalue weighted by Gasteiger charge is -2.00. The summed E-state index contributed by atoms with van der Waals surface area (Å²) in [5.74, 6) is -0.282. The summed E-state index contributed by atoms with van der Waals surface area (Å²) in [6.07, 6.45) is 1.59. The first-order valence-corrected chi connectivity index (χ1v) is 7.63. The molecule has 1 heterocycles. The van der Waals surface area contributed by atoms with Crippen LogP contribution in [0.4, 0.5) is 0 Å². The molecule has 0 fully saturated rings. The average Bonchev–Trinajstić information content (AvgIpc) is 2.88. The van der Waals surface area contributed by atoms with E-state index in [0.29, 0.717) is 10.3 Å². The highest BCUT2D eigenvalue weighted by Gasteiger charge is 2.06. The average molecular weight is 375 g/mol. The van der Waals surface area contributed by atoms with Crippen LogP contribution in [0.25, 0.3) is 11.0 Å². The van der Waals surface area contributed by atoms with Crippen LogP contribution in [0.1, 0.15) is 15.9 Å². The number of aromatic amines is 2. The summed E-state index contributed by atoms with van der Waals surface area (Å²) >= 11 is 8.38. The molecule has 3 N–H and O–H groups in total. The monoisotopic (exact) mass is 374 g/mol. The van der Waals surface area contributed by atoms with Gasteiger partial charge in [-0.15, -0.1) is 0 Å². The van der Waals surface area contributed by atoms with Crippen molar-refractivity contribution in [3.8, 4) is 0 Å². The normalized spacial score (nSPS) is 11.1. The molecule has 0 aliphatic heterocycles. The van der Waals surface area contributed by atoms with Gasteiger partial charge in [0.1, 0.15) is 0 Å². The number of halogens is 1. The van der Waals surface area contributed by atoms with E-state index in [9.17, 15) is 4.79 Å². The molecule has 0 saturated heterocycles. The largest absolute Gasteiger partial charge is 0.331 e. The summed E-state index contributed by atoms with van der Waals surface area (Å²) in [5.41, 5.74) is 5.55. The number of carbonyl (C=O) groups is 1. The first kappa shape index (κ1) is 14.7. The number of hydrazone groups is 1. The van der Waals surface area contributed by atoms with Crippen LogP contribution in [0.5, 0.6) is 0 Å². The van der Waals surface area contributed by atoms with E-state index >= 15 is 0 Å². The van der Waals surface area contributed by atoms with Crippen molar-refractivity contribution >= 4 is 51.3 Å². The highest BCUT2D eigenvalue weighted by atomic mass is 79.9. The third-order valence-corrected chi connectivity index (χ3v) is 3.76. The van der Waals surface area contributed by atoms with Crippen molar-refractivity contribution in [3.63, 3.8) is 0 Å². The Balaban J connectivity index is 1.72. The third-order valence-electron chi connectivity index (χ3n) is 3.03. The van der Waals surface area contributed by atoms with Gasteiger partial charge in [0, 0.05) is 10.0 Å². The van der Waals surface area contributed by atoms with Crippen LogP contribution < -0.4 is 5.43 Å². The zero-order valence-electron chi connectivity index (χ0n) is 11.3. The third kappa shape index (κ3) is 3.32. The van der Waals surface area contributed by atoms with E-state index in [4.69, 9.17) is 12.2 Å². The van der Waals surface area contributed by atoms with Crippen LogP contribution in [0.2, 0.25) is 0 Å². The molecule has 0 atom stereocenters. The topological polar surface area (TPSA) is 73.0 Å². The Morgan fingerprint density at radius 2 is 1.86 bits per heavy atom. The fraction of sp³-hybridized carbons (Fsp3) is 0. The molecule has 0 bridgehead atoms. The van der Waals surface area contributed by atoms with Crippen LogP contribution in [0.15, 0.2) is 52.0 Å². The SMILES string of the molecule is O=C(N/N=C\c1ccc(Br)cc1)c1ccc2[nH]c(=S)[nH]c2c1. The number of benzene rings is 2. The van der Waals surface area contributed by atoms with Crippen LogP contribution in [-0.2, 0) is 0 Å². The van der Waals surface area contributed by atoms with Crippen molar-refractivity contribution in [3.05, 3.63) is 62.8 Å². The minimum atomic E-state index is -0.282. The number of H-pyrrole nitrogens is 2. The van der Waals surface area contributed by atoms with Gasteiger partial charge in [-0.2, -0.15) is 5.10 Å². The number of fused-ring (bicyclic) bond motifs is 1. The Morgan fingerprint density at radius 3 is 2.64 bits per heavy atom. The molecule has 5 nitrogen and oxygen atoms in total. The number of aromatic nitrogens is 2. The Labute approximate surface area is 139 Å². The molecular formula is C15H11BrN4OS. The van der Waals surface area contributed by atoms with E-state index in [-0.39, 0.29) is 5.91 Å². The van der Waals surface area contributed by atoms with E-state index in [1.807, 2.05) is 24.3 Å². The molecule has 1 aromatic heterocycles. The maximum absolute atomic E-state index is 12.1.